The van der Waals surface area contributed by atoms with Crippen molar-refractivity contribution in [2.45, 2.75) is 24.9 Å². The Labute approximate surface area is 75.2 Å². The Morgan fingerprint density at radius 2 is 2.46 bits per heavy atom. The van der Waals surface area contributed by atoms with Gasteiger partial charge in [0.05, 0.1) is 12.0 Å². The lowest BCUT2D eigenvalue weighted by Gasteiger charge is -2.00. The van der Waals surface area contributed by atoms with E-state index in [9.17, 15) is 4.79 Å². The minimum Gasteiger partial charge on any atom is -0.480 e. The Balaban J connectivity index is 2.16. The standard InChI is InChI=1S/C8H11N3O2/c9-7(8(12)13)6-3-11(4-10-6)5-1-2-5/h3-5,7H,1-2,9H2,(H,12,13). The first-order valence-electron chi connectivity index (χ1n) is 4.20. The van der Waals surface area contributed by atoms with E-state index in [1.54, 1.807) is 12.5 Å². The molecular formula is C8H11N3O2. The molecule has 1 aromatic heterocycles. The number of hydrogen-bond acceptors (Lipinski definition) is 3. The van der Waals surface area contributed by atoms with E-state index in [0.717, 1.165) is 12.8 Å². The molecule has 1 aliphatic rings. The fraction of sp³-hybridized carbons (Fsp3) is 0.500. The Bertz CT molecular complexity index is 330. The van der Waals surface area contributed by atoms with Crippen molar-refractivity contribution in [1.29, 1.82) is 0 Å². The summed E-state index contributed by atoms with van der Waals surface area (Å²) in [4.78, 5) is 14.5. The first kappa shape index (κ1) is 8.25. The first-order valence-corrected chi connectivity index (χ1v) is 4.20. The van der Waals surface area contributed by atoms with Crippen molar-refractivity contribution >= 4 is 5.97 Å². The zero-order valence-electron chi connectivity index (χ0n) is 7.05. The van der Waals surface area contributed by atoms with Gasteiger partial charge in [0.2, 0.25) is 0 Å². The summed E-state index contributed by atoms with van der Waals surface area (Å²) >= 11 is 0. The van der Waals surface area contributed by atoms with Crippen molar-refractivity contribution < 1.29 is 9.90 Å². The Hall–Kier alpha value is -1.36. The van der Waals surface area contributed by atoms with Gasteiger partial charge in [-0.1, -0.05) is 0 Å². The number of carboxylic acids is 1. The van der Waals surface area contributed by atoms with Crippen LogP contribution in [0.1, 0.15) is 30.6 Å². The Kier molecular flexibility index (Phi) is 1.81. The van der Waals surface area contributed by atoms with E-state index >= 15 is 0 Å². The molecule has 0 saturated heterocycles. The summed E-state index contributed by atoms with van der Waals surface area (Å²) in [6.45, 7) is 0. The second kappa shape index (κ2) is 2.85. The number of nitrogens with two attached hydrogens (primary N) is 1. The molecule has 1 heterocycles. The molecule has 1 saturated carbocycles. The third-order valence-electron chi connectivity index (χ3n) is 2.17. The first-order chi connectivity index (χ1) is 6.18. The van der Waals surface area contributed by atoms with Gasteiger partial charge < -0.3 is 15.4 Å². The topological polar surface area (TPSA) is 81.1 Å². The predicted molar refractivity (Wildman–Crippen MR) is 45.1 cm³/mol. The number of aliphatic carboxylic acids is 1. The third-order valence-corrected chi connectivity index (χ3v) is 2.17. The van der Waals surface area contributed by atoms with Gasteiger partial charge in [0.15, 0.2) is 0 Å². The number of carboxylic acid groups (broad SMARTS) is 1. The van der Waals surface area contributed by atoms with Crippen LogP contribution in [0.25, 0.3) is 0 Å². The highest BCUT2D eigenvalue weighted by atomic mass is 16.4. The predicted octanol–water partition coefficient (Wildman–Crippen LogP) is 0.302. The van der Waals surface area contributed by atoms with E-state index in [2.05, 4.69) is 4.98 Å². The van der Waals surface area contributed by atoms with Crippen molar-refractivity contribution in [3.8, 4) is 0 Å². The minimum absolute atomic E-state index is 0.430. The lowest BCUT2D eigenvalue weighted by molar-refractivity contribution is -0.138. The van der Waals surface area contributed by atoms with E-state index < -0.39 is 12.0 Å². The molecule has 70 valence electrons. The molecule has 0 bridgehead atoms. The monoisotopic (exact) mass is 181 g/mol. The molecule has 0 spiro atoms. The Morgan fingerprint density at radius 1 is 1.77 bits per heavy atom. The van der Waals surface area contributed by atoms with Crippen molar-refractivity contribution in [2.75, 3.05) is 0 Å². The van der Waals surface area contributed by atoms with Gasteiger partial charge >= 0.3 is 5.97 Å². The largest absolute Gasteiger partial charge is 0.480 e. The van der Waals surface area contributed by atoms with Crippen LogP contribution in [-0.4, -0.2) is 20.6 Å². The quantitative estimate of drug-likeness (QED) is 0.702. The van der Waals surface area contributed by atoms with Crippen molar-refractivity contribution in [2.24, 2.45) is 5.73 Å². The smallest absolute Gasteiger partial charge is 0.326 e. The molecule has 1 fully saturated rings. The zero-order chi connectivity index (χ0) is 9.42. The molecule has 0 radical (unpaired) electrons. The molecule has 5 nitrogen and oxygen atoms in total. The van der Waals surface area contributed by atoms with E-state index in [4.69, 9.17) is 10.8 Å². The van der Waals surface area contributed by atoms with Crippen LogP contribution in [0.5, 0.6) is 0 Å². The fourth-order valence-corrected chi connectivity index (χ4v) is 1.21. The van der Waals surface area contributed by atoms with E-state index in [1.165, 1.54) is 0 Å². The molecule has 3 N–H and O–H groups in total. The van der Waals surface area contributed by atoms with Gasteiger partial charge in [-0.3, -0.25) is 4.79 Å². The lowest BCUT2D eigenvalue weighted by Crippen LogP contribution is -2.20. The summed E-state index contributed by atoms with van der Waals surface area (Å²) in [5.74, 6) is -1.04. The maximum absolute atomic E-state index is 10.5. The number of hydrogen-bond donors (Lipinski definition) is 2. The summed E-state index contributed by atoms with van der Waals surface area (Å²) in [7, 11) is 0. The summed E-state index contributed by atoms with van der Waals surface area (Å²) in [5, 5.41) is 8.62. The van der Waals surface area contributed by atoms with Crippen LogP contribution in [0.2, 0.25) is 0 Å². The Morgan fingerprint density at radius 3 is 3.00 bits per heavy atom. The molecule has 0 aromatic carbocycles. The average Bonchev–Trinajstić information content (AvgIpc) is 2.83. The molecular weight excluding hydrogens is 170 g/mol. The highest BCUT2D eigenvalue weighted by molar-refractivity contribution is 5.74. The number of aromatic nitrogens is 2. The average molecular weight is 181 g/mol. The summed E-state index contributed by atoms with van der Waals surface area (Å²) < 4.78 is 1.93. The number of imidazole rings is 1. The van der Waals surface area contributed by atoms with Gasteiger partial charge in [-0.15, -0.1) is 0 Å². The molecule has 1 aliphatic carbocycles. The van der Waals surface area contributed by atoms with Gasteiger partial charge in [0, 0.05) is 12.2 Å². The second-order valence-electron chi connectivity index (χ2n) is 3.29. The van der Waals surface area contributed by atoms with Crippen molar-refractivity contribution in [3.05, 3.63) is 18.2 Å². The van der Waals surface area contributed by atoms with Crippen LogP contribution in [-0.2, 0) is 4.79 Å². The van der Waals surface area contributed by atoms with Crippen LogP contribution >= 0.6 is 0 Å². The summed E-state index contributed by atoms with van der Waals surface area (Å²) in [6, 6.07) is -0.484. The molecule has 1 unspecified atom stereocenters. The molecule has 13 heavy (non-hydrogen) atoms. The van der Waals surface area contributed by atoms with Crippen LogP contribution in [0.4, 0.5) is 0 Å². The van der Waals surface area contributed by atoms with Gasteiger partial charge in [0.1, 0.15) is 6.04 Å². The molecule has 1 atom stereocenters. The van der Waals surface area contributed by atoms with Crippen molar-refractivity contribution in [3.63, 3.8) is 0 Å². The summed E-state index contributed by atoms with van der Waals surface area (Å²) in [5.41, 5.74) is 5.83. The van der Waals surface area contributed by atoms with Crippen LogP contribution in [0.15, 0.2) is 12.5 Å². The van der Waals surface area contributed by atoms with Crippen molar-refractivity contribution in [1.82, 2.24) is 9.55 Å². The van der Waals surface area contributed by atoms with E-state index in [-0.39, 0.29) is 0 Å². The second-order valence-corrected chi connectivity index (χ2v) is 3.29. The highest BCUT2D eigenvalue weighted by Gasteiger charge is 2.25. The third kappa shape index (κ3) is 1.55. The SMILES string of the molecule is NC(C(=O)O)c1cn(C2CC2)cn1. The van der Waals surface area contributed by atoms with Gasteiger partial charge in [-0.05, 0) is 12.8 Å². The van der Waals surface area contributed by atoms with E-state index in [0.29, 0.717) is 11.7 Å². The van der Waals surface area contributed by atoms with Gasteiger partial charge in [-0.2, -0.15) is 0 Å². The number of nitrogens with zero attached hydrogens (tertiary/aromatic N) is 2. The summed E-state index contributed by atoms with van der Waals surface area (Å²) in [6.07, 6.45) is 5.67. The molecule has 0 amide bonds. The maximum Gasteiger partial charge on any atom is 0.326 e. The molecule has 2 rings (SSSR count). The molecule has 1 aromatic rings. The number of rotatable bonds is 3. The molecule has 0 aliphatic heterocycles. The zero-order valence-corrected chi connectivity index (χ0v) is 7.05. The van der Waals surface area contributed by atoms with Crippen LogP contribution in [0, 0.1) is 0 Å². The van der Waals surface area contributed by atoms with Crippen LogP contribution < -0.4 is 5.73 Å². The minimum atomic E-state index is -1.04. The fourth-order valence-electron chi connectivity index (χ4n) is 1.21. The normalized spacial score (nSPS) is 18.5. The molecule has 5 heteroatoms. The van der Waals surface area contributed by atoms with Crippen LogP contribution in [0.3, 0.4) is 0 Å². The number of carbonyl (C=O) groups is 1. The lowest BCUT2D eigenvalue weighted by atomic mass is 10.2. The maximum atomic E-state index is 10.5. The van der Waals surface area contributed by atoms with Gasteiger partial charge in [-0.25, -0.2) is 4.98 Å². The van der Waals surface area contributed by atoms with E-state index in [1.807, 2.05) is 4.57 Å². The van der Waals surface area contributed by atoms with Gasteiger partial charge in [0.25, 0.3) is 0 Å². The highest BCUT2D eigenvalue weighted by Crippen LogP contribution is 2.34.